The van der Waals surface area contributed by atoms with Gasteiger partial charge in [-0.3, -0.25) is 4.79 Å². The van der Waals surface area contributed by atoms with E-state index in [1.54, 1.807) is 18.4 Å². The first kappa shape index (κ1) is 21.2. The van der Waals surface area contributed by atoms with Gasteiger partial charge in [-0.15, -0.1) is 11.3 Å². The van der Waals surface area contributed by atoms with E-state index in [9.17, 15) is 4.79 Å². The summed E-state index contributed by atoms with van der Waals surface area (Å²) in [6.07, 6.45) is 8.53. The molecule has 0 saturated carbocycles. The quantitative estimate of drug-likeness (QED) is 0.584. The normalized spacial score (nSPS) is 19.1. The number of nitrogens with zero attached hydrogens (tertiary/aromatic N) is 4. The van der Waals surface area contributed by atoms with E-state index in [4.69, 9.17) is 4.74 Å². The van der Waals surface area contributed by atoms with E-state index in [2.05, 4.69) is 30.9 Å². The summed E-state index contributed by atoms with van der Waals surface area (Å²) in [5, 5.41) is 3.22. The SMILES string of the molecule is COc1cccc2c1CC(C(=O)N1CCC(c3nccn3Cc3csc(C)n3)CC1)CC2. The number of ether oxygens (including phenoxy) is 1. The number of carbonyl (C=O) groups excluding carboxylic acids is 1. The molecule has 1 saturated heterocycles. The van der Waals surface area contributed by atoms with Gasteiger partial charge in [0, 0.05) is 42.7 Å². The van der Waals surface area contributed by atoms with Gasteiger partial charge >= 0.3 is 0 Å². The molecule has 1 amide bonds. The first-order valence-electron chi connectivity index (χ1n) is 11.5. The third-order valence-electron chi connectivity index (χ3n) is 6.93. The topological polar surface area (TPSA) is 60.2 Å². The Hall–Kier alpha value is -2.67. The second-order valence-corrected chi connectivity index (χ2v) is 9.97. The zero-order chi connectivity index (χ0) is 22.1. The third kappa shape index (κ3) is 4.18. The smallest absolute Gasteiger partial charge is 0.226 e. The van der Waals surface area contributed by atoms with Gasteiger partial charge in [0.1, 0.15) is 11.6 Å². The molecule has 0 radical (unpaired) electrons. The number of amides is 1. The van der Waals surface area contributed by atoms with Crippen LogP contribution in [0.5, 0.6) is 5.75 Å². The fraction of sp³-hybridized carbons (Fsp3) is 0.480. The van der Waals surface area contributed by atoms with Crippen molar-refractivity contribution in [2.75, 3.05) is 20.2 Å². The number of benzene rings is 1. The van der Waals surface area contributed by atoms with E-state index in [0.29, 0.717) is 11.8 Å². The van der Waals surface area contributed by atoms with E-state index in [1.165, 1.54) is 11.1 Å². The molecule has 2 aliphatic rings. The van der Waals surface area contributed by atoms with Crippen LogP contribution in [0.4, 0.5) is 0 Å². The fourth-order valence-corrected chi connectivity index (χ4v) is 5.85. The highest BCUT2D eigenvalue weighted by Gasteiger charge is 2.33. The molecule has 168 valence electrons. The number of hydrogen-bond donors (Lipinski definition) is 0. The Labute approximate surface area is 193 Å². The average molecular weight is 451 g/mol. The van der Waals surface area contributed by atoms with Gasteiger partial charge in [-0.25, -0.2) is 9.97 Å². The van der Waals surface area contributed by atoms with Gasteiger partial charge in [-0.1, -0.05) is 12.1 Å². The van der Waals surface area contributed by atoms with E-state index in [1.807, 2.05) is 31.5 Å². The number of fused-ring (bicyclic) bond motifs is 1. The monoisotopic (exact) mass is 450 g/mol. The molecule has 0 spiro atoms. The molecule has 1 unspecified atom stereocenters. The summed E-state index contributed by atoms with van der Waals surface area (Å²) in [6.45, 7) is 4.42. The standard InChI is InChI=1S/C25H30N4O2S/c1-17-27-21(16-32-17)15-29-13-10-26-24(29)19-8-11-28(12-9-19)25(30)20-7-6-18-4-3-5-23(31-2)22(18)14-20/h3-5,10,13,16,19-20H,6-9,11-12,14-15H2,1-2H3. The lowest BCUT2D eigenvalue weighted by Crippen LogP contribution is -2.43. The predicted molar refractivity (Wildman–Crippen MR) is 125 cm³/mol. The summed E-state index contributed by atoms with van der Waals surface area (Å²) in [5.41, 5.74) is 3.63. The first-order valence-corrected chi connectivity index (χ1v) is 12.4. The molecule has 6 nitrogen and oxygen atoms in total. The summed E-state index contributed by atoms with van der Waals surface area (Å²) in [5.74, 6) is 2.80. The van der Waals surface area contributed by atoms with Gasteiger partial charge in [0.2, 0.25) is 5.91 Å². The van der Waals surface area contributed by atoms with Crippen LogP contribution >= 0.6 is 11.3 Å². The predicted octanol–water partition coefficient (Wildman–Crippen LogP) is 4.22. The summed E-state index contributed by atoms with van der Waals surface area (Å²) in [6, 6.07) is 6.22. The Kier molecular flexibility index (Phi) is 6.00. The molecule has 3 aromatic rings. The number of methoxy groups -OCH3 is 1. The van der Waals surface area contributed by atoms with Crippen molar-refractivity contribution in [3.8, 4) is 5.75 Å². The molecule has 1 fully saturated rings. The number of hydrogen-bond acceptors (Lipinski definition) is 5. The largest absolute Gasteiger partial charge is 0.496 e. The van der Waals surface area contributed by atoms with Crippen molar-refractivity contribution in [3.05, 3.63) is 63.6 Å². The Bertz CT molecular complexity index is 1080. The van der Waals surface area contributed by atoms with Crippen LogP contribution in [0.1, 0.15) is 52.8 Å². The molecule has 1 aromatic carbocycles. The van der Waals surface area contributed by atoms with E-state index < -0.39 is 0 Å². The first-order chi connectivity index (χ1) is 15.6. The maximum atomic E-state index is 13.3. The second kappa shape index (κ2) is 9.06. The summed E-state index contributed by atoms with van der Waals surface area (Å²) in [4.78, 5) is 24.7. The summed E-state index contributed by atoms with van der Waals surface area (Å²) >= 11 is 1.69. The Morgan fingerprint density at radius 3 is 2.84 bits per heavy atom. The van der Waals surface area contributed by atoms with Gasteiger partial charge in [-0.2, -0.15) is 0 Å². The Morgan fingerprint density at radius 1 is 1.25 bits per heavy atom. The van der Waals surface area contributed by atoms with Crippen LogP contribution in [0.15, 0.2) is 36.0 Å². The molecule has 0 N–H and O–H groups in total. The van der Waals surface area contributed by atoms with Crippen LogP contribution in [-0.2, 0) is 24.2 Å². The number of aryl methyl sites for hydroxylation is 2. The highest BCUT2D eigenvalue weighted by molar-refractivity contribution is 7.09. The van der Waals surface area contributed by atoms with Crippen molar-refractivity contribution in [2.45, 2.75) is 51.5 Å². The van der Waals surface area contributed by atoms with Crippen molar-refractivity contribution in [3.63, 3.8) is 0 Å². The highest BCUT2D eigenvalue weighted by atomic mass is 32.1. The van der Waals surface area contributed by atoms with Gasteiger partial charge in [0.05, 0.1) is 24.4 Å². The van der Waals surface area contributed by atoms with Crippen molar-refractivity contribution < 1.29 is 9.53 Å². The van der Waals surface area contributed by atoms with Crippen molar-refractivity contribution in [2.24, 2.45) is 5.92 Å². The van der Waals surface area contributed by atoms with Gasteiger partial charge in [-0.05, 0) is 56.2 Å². The minimum Gasteiger partial charge on any atom is -0.496 e. The van der Waals surface area contributed by atoms with Crippen LogP contribution in [-0.4, -0.2) is 45.5 Å². The number of imidazole rings is 1. The average Bonchev–Trinajstić information content (AvgIpc) is 3.46. The zero-order valence-corrected chi connectivity index (χ0v) is 19.6. The maximum Gasteiger partial charge on any atom is 0.226 e. The fourth-order valence-electron chi connectivity index (χ4n) is 5.24. The van der Waals surface area contributed by atoms with Crippen molar-refractivity contribution in [1.29, 1.82) is 0 Å². The molecule has 1 aliphatic heterocycles. The molecule has 0 bridgehead atoms. The van der Waals surface area contributed by atoms with Crippen LogP contribution in [0.3, 0.4) is 0 Å². The highest BCUT2D eigenvalue weighted by Crippen LogP contribution is 2.34. The number of rotatable bonds is 5. The third-order valence-corrected chi connectivity index (χ3v) is 7.75. The lowest BCUT2D eigenvalue weighted by molar-refractivity contribution is -0.137. The Balaban J connectivity index is 1.21. The number of piperidine rings is 1. The Morgan fingerprint density at radius 2 is 2.09 bits per heavy atom. The zero-order valence-electron chi connectivity index (χ0n) is 18.8. The number of likely N-dealkylation sites (tertiary alicyclic amines) is 1. The lowest BCUT2D eigenvalue weighted by atomic mass is 9.82. The summed E-state index contributed by atoms with van der Waals surface area (Å²) < 4.78 is 7.78. The maximum absolute atomic E-state index is 13.3. The molecule has 1 atom stereocenters. The van der Waals surface area contributed by atoms with Crippen LogP contribution < -0.4 is 4.74 Å². The number of thiazole rings is 1. The molecule has 32 heavy (non-hydrogen) atoms. The van der Waals surface area contributed by atoms with Crippen LogP contribution in [0.25, 0.3) is 0 Å². The van der Waals surface area contributed by atoms with E-state index in [-0.39, 0.29) is 5.92 Å². The van der Waals surface area contributed by atoms with Crippen molar-refractivity contribution >= 4 is 17.2 Å². The van der Waals surface area contributed by atoms with Gasteiger partial charge in [0.15, 0.2) is 0 Å². The molecule has 7 heteroatoms. The molecular weight excluding hydrogens is 420 g/mol. The minimum atomic E-state index is 0.0604. The molecule has 2 aromatic heterocycles. The molecular formula is C25H30N4O2S. The molecule has 1 aliphatic carbocycles. The molecule has 5 rings (SSSR count). The van der Waals surface area contributed by atoms with Crippen molar-refractivity contribution in [1.82, 2.24) is 19.4 Å². The molecule has 3 heterocycles. The second-order valence-electron chi connectivity index (χ2n) is 8.91. The van der Waals surface area contributed by atoms with Gasteiger partial charge < -0.3 is 14.2 Å². The van der Waals surface area contributed by atoms with E-state index >= 15 is 0 Å². The van der Waals surface area contributed by atoms with Crippen LogP contribution in [0, 0.1) is 12.8 Å². The lowest BCUT2D eigenvalue weighted by Gasteiger charge is -2.35. The van der Waals surface area contributed by atoms with Crippen LogP contribution in [0.2, 0.25) is 0 Å². The number of carbonyl (C=O) groups is 1. The minimum absolute atomic E-state index is 0.0604. The summed E-state index contributed by atoms with van der Waals surface area (Å²) in [7, 11) is 1.71. The van der Waals surface area contributed by atoms with Gasteiger partial charge in [0.25, 0.3) is 0 Å². The number of aromatic nitrogens is 3. The van der Waals surface area contributed by atoms with E-state index in [0.717, 1.165) is 74.0 Å².